The predicted octanol–water partition coefficient (Wildman–Crippen LogP) is 2.21. The number of nitro groups is 1. The van der Waals surface area contributed by atoms with Gasteiger partial charge in [0.25, 0.3) is 15.7 Å². The Balaban J connectivity index is 1.72. The summed E-state index contributed by atoms with van der Waals surface area (Å²) in [5, 5.41) is 14.1. The number of non-ortho nitro benzene ring substituents is 1. The number of aromatic nitrogens is 1. The van der Waals surface area contributed by atoms with Crippen LogP contribution >= 0.6 is 0 Å². The fourth-order valence-electron chi connectivity index (χ4n) is 3.66. The number of benzene rings is 1. The van der Waals surface area contributed by atoms with Gasteiger partial charge in [0.1, 0.15) is 5.82 Å². The Bertz CT molecular complexity index is 969. The first kappa shape index (κ1) is 17.9. The molecule has 1 aromatic heterocycles. The quantitative estimate of drug-likeness (QED) is 0.636. The topological polar surface area (TPSA) is 105 Å². The summed E-state index contributed by atoms with van der Waals surface area (Å²) in [7, 11) is -3.83. The normalized spacial score (nSPS) is 19.7. The summed E-state index contributed by atoms with van der Waals surface area (Å²) < 4.78 is 27.7. The summed E-state index contributed by atoms with van der Waals surface area (Å²) >= 11 is 0. The minimum Gasteiger partial charge on any atom is -0.316 e. The Labute approximate surface area is 157 Å². The van der Waals surface area contributed by atoms with Gasteiger partial charge in [0, 0.05) is 36.8 Å². The first-order chi connectivity index (χ1) is 13.0. The van der Waals surface area contributed by atoms with Gasteiger partial charge in [-0.1, -0.05) is 6.07 Å². The van der Waals surface area contributed by atoms with Crippen LogP contribution in [-0.4, -0.2) is 38.0 Å². The van der Waals surface area contributed by atoms with E-state index in [1.165, 1.54) is 28.6 Å². The third kappa shape index (κ3) is 3.28. The fourth-order valence-corrected chi connectivity index (χ4v) is 5.15. The molecule has 2 aliphatic rings. The van der Waals surface area contributed by atoms with Gasteiger partial charge >= 0.3 is 0 Å². The second-order valence-corrected chi connectivity index (χ2v) is 8.70. The van der Waals surface area contributed by atoms with Crippen molar-refractivity contribution in [3.05, 3.63) is 57.8 Å². The molecule has 1 atom stereocenters. The zero-order chi connectivity index (χ0) is 19.0. The minimum atomic E-state index is -3.83. The summed E-state index contributed by atoms with van der Waals surface area (Å²) in [6.07, 6.45) is 2.49. The van der Waals surface area contributed by atoms with Crippen molar-refractivity contribution in [3.8, 4) is 0 Å². The Morgan fingerprint density at radius 1 is 1.19 bits per heavy atom. The van der Waals surface area contributed by atoms with Crippen LogP contribution < -0.4 is 9.62 Å². The number of aryl methyl sites for hydroxylation is 1. The van der Waals surface area contributed by atoms with Crippen molar-refractivity contribution in [3.63, 3.8) is 0 Å². The van der Waals surface area contributed by atoms with E-state index in [4.69, 9.17) is 4.98 Å². The molecule has 142 valence electrons. The van der Waals surface area contributed by atoms with E-state index in [1.807, 2.05) is 12.1 Å². The number of sulfonamides is 1. The molecule has 1 saturated heterocycles. The molecular weight excluding hydrogens is 368 g/mol. The highest BCUT2D eigenvalue weighted by Gasteiger charge is 2.31. The molecule has 27 heavy (non-hydrogen) atoms. The number of nitrogens with one attached hydrogen (secondary N) is 1. The SMILES string of the molecule is O=[N+]([O-])c1ccc(S(=O)(=O)N2CCCc3ccc(C4CCNC4)nc32)cc1. The number of anilines is 1. The van der Waals surface area contributed by atoms with E-state index >= 15 is 0 Å². The van der Waals surface area contributed by atoms with Gasteiger partial charge in [0.2, 0.25) is 0 Å². The van der Waals surface area contributed by atoms with Gasteiger partial charge in [-0.15, -0.1) is 0 Å². The monoisotopic (exact) mass is 388 g/mol. The van der Waals surface area contributed by atoms with Gasteiger partial charge in [-0.05, 0) is 49.6 Å². The molecule has 1 fully saturated rings. The second kappa shape index (κ2) is 6.90. The Kier molecular flexibility index (Phi) is 4.56. The van der Waals surface area contributed by atoms with E-state index in [2.05, 4.69) is 5.32 Å². The molecular formula is C18H20N4O4S. The van der Waals surface area contributed by atoms with E-state index in [-0.39, 0.29) is 10.6 Å². The maximum atomic E-state index is 13.2. The number of fused-ring (bicyclic) bond motifs is 1. The van der Waals surface area contributed by atoms with E-state index in [0.717, 1.165) is 37.2 Å². The summed E-state index contributed by atoms with van der Waals surface area (Å²) in [5.74, 6) is 0.783. The number of hydrogen-bond acceptors (Lipinski definition) is 6. The Hall–Kier alpha value is -2.52. The van der Waals surface area contributed by atoms with Crippen molar-refractivity contribution in [1.82, 2.24) is 10.3 Å². The number of pyridine rings is 1. The Morgan fingerprint density at radius 2 is 1.96 bits per heavy atom. The second-order valence-electron chi connectivity index (χ2n) is 6.84. The molecule has 1 unspecified atom stereocenters. The van der Waals surface area contributed by atoms with Crippen molar-refractivity contribution in [2.45, 2.75) is 30.1 Å². The molecule has 0 radical (unpaired) electrons. The Morgan fingerprint density at radius 3 is 2.63 bits per heavy atom. The van der Waals surface area contributed by atoms with Gasteiger partial charge in [0.15, 0.2) is 0 Å². The van der Waals surface area contributed by atoms with Crippen LogP contribution in [0.4, 0.5) is 11.5 Å². The number of rotatable bonds is 4. The lowest BCUT2D eigenvalue weighted by molar-refractivity contribution is -0.384. The molecule has 9 heteroatoms. The molecule has 0 amide bonds. The molecule has 0 bridgehead atoms. The summed E-state index contributed by atoms with van der Waals surface area (Å²) in [6.45, 7) is 2.14. The number of nitrogens with zero attached hydrogens (tertiary/aromatic N) is 3. The molecule has 4 rings (SSSR count). The highest BCUT2D eigenvalue weighted by Crippen LogP contribution is 2.33. The lowest BCUT2D eigenvalue weighted by atomic mass is 10.0. The van der Waals surface area contributed by atoms with Crippen molar-refractivity contribution < 1.29 is 13.3 Å². The highest BCUT2D eigenvalue weighted by molar-refractivity contribution is 7.92. The minimum absolute atomic E-state index is 0.0377. The number of nitro benzene ring substituents is 1. The first-order valence-electron chi connectivity index (χ1n) is 8.94. The third-order valence-corrected chi connectivity index (χ3v) is 6.94. The maximum Gasteiger partial charge on any atom is 0.269 e. The first-order valence-corrected chi connectivity index (χ1v) is 10.4. The standard InChI is InChI=1S/C18H20N4O4S/c23-22(24)15-4-6-16(7-5-15)27(25,26)21-11-1-2-13-3-8-17(20-18(13)21)14-9-10-19-12-14/h3-8,14,19H,1-2,9-12H2. The van der Waals surface area contributed by atoms with E-state index in [9.17, 15) is 18.5 Å². The molecule has 0 saturated carbocycles. The van der Waals surface area contributed by atoms with Gasteiger partial charge in [-0.2, -0.15) is 0 Å². The molecule has 2 aromatic rings. The summed E-state index contributed by atoms with van der Waals surface area (Å²) in [5.41, 5.74) is 1.69. The van der Waals surface area contributed by atoms with E-state index < -0.39 is 14.9 Å². The molecule has 8 nitrogen and oxygen atoms in total. The molecule has 0 spiro atoms. The van der Waals surface area contributed by atoms with Crippen LogP contribution in [0, 0.1) is 10.1 Å². The molecule has 3 heterocycles. The lowest BCUT2D eigenvalue weighted by Crippen LogP contribution is -2.36. The smallest absolute Gasteiger partial charge is 0.269 e. The van der Waals surface area contributed by atoms with Crippen molar-refractivity contribution in [2.24, 2.45) is 0 Å². The average Bonchev–Trinajstić information content (AvgIpc) is 3.22. The van der Waals surface area contributed by atoms with Gasteiger partial charge in [-0.25, -0.2) is 17.7 Å². The number of hydrogen-bond donors (Lipinski definition) is 1. The van der Waals surface area contributed by atoms with Gasteiger partial charge < -0.3 is 5.32 Å². The van der Waals surface area contributed by atoms with Crippen LogP contribution in [0.15, 0.2) is 41.3 Å². The summed E-state index contributed by atoms with van der Waals surface area (Å²) in [4.78, 5) is 15.0. The van der Waals surface area contributed by atoms with Crippen LogP contribution in [0.5, 0.6) is 0 Å². The van der Waals surface area contributed by atoms with Crippen LogP contribution in [0.3, 0.4) is 0 Å². The zero-order valence-electron chi connectivity index (χ0n) is 14.7. The van der Waals surface area contributed by atoms with Crippen LogP contribution in [0.2, 0.25) is 0 Å². The predicted molar refractivity (Wildman–Crippen MR) is 100 cm³/mol. The van der Waals surface area contributed by atoms with Gasteiger partial charge in [0.05, 0.1) is 9.82 Å². The van der Waals surface area contributed by atoms with Crippen molar-refractivity contribution in [2.75, 3.05) is 23.9 Å². The van der Waals surface area contributed by atoms with Gasteiger partial charge in [-0.3, -0.25) is 10.1 Å². The van der Waals surface area contributed by atoms with Crippen molar-refractivity contribution in [1.29, 1.82) is 0 Å². The molecule has 1 aromatic carbocycles. The van der Waals surface area contributed by atoms with E-state index in [0.29, 0.717) is 24.7 Å². The fraction of sp³-hybridized carbons (Fsp3) is 0.389. The molecule has 0 aliphatic carbocycles. The van der Waals surface area contributed by atoms with Crippen LogP contribution in [-0.2, 0) is 16.4 Å². The third-order valence-electron chi connectivity index (χ3n) is 5.14. The zero-order valence-corrected chi connectivity index (χ0v) is 15.5. The average molecular weight is 388 g/mol. The van der Waals surface area contributed by atoms with Crippen LogP contribution in [0.25, 0.3) is 0 Å². The van der Waals surface area contributed by atoms with E-state index in [1.54, 1.807) is 0 Å². The van der Waals surface area contributed by atoms with Crippen LogP contribution in [0.1, 0.15) is 30.0 Å². The molecule has 1 N–H and O–H groups in total. The molecule has 2 aliphatic heterocycles. The van der Waals surface area contributed by atoms with Crippen molar-refractivity contribution >= 4 is 21.5 Å². The highest BCUT2D eigenvalue weighted by atomic mass is 32.2. The lowest BCUT2D eigenvalue weighted by Gasteiger charge is -2.30. The summed E-state index contributed by atoms with van der Waals surface area (Å²) in [6, 6.07) is 8.97. The maximum absolute atomic E-state index is 13.2. The largest absolute Gasteiger partial charge is 0.316 e.